The number of aromatic nitrogens is 2. The second-order valence-electron chi connectivity index (χ2n) is 8.39. The van der Waals surface area contributed by atoms with Crippen molar-refractivity contribution in [2.24, 2.45) is 0 Å². The van der Waals surface area contributed by atoms with Gasteiger partial charge in [0.15, 0.2) is 16.7 Å². The Labute approximate surface area is 214 Å². The smallest absolute Gasteiger partial charge is 0.251 e. The summed E-state index contributed by atoms with van der Waals surface area (Å²) in [5, 5.41) is 3.66. The maximum Gasteiger partial charge on any atom is 0.251 e. The highest BCUT2D eigenvalue weighted by Crippen LogP contribution is 2.32. The van der Waals surface area contributed by atoms with E-state index in [1.807, 2.05) is 48.5 Å². The Morgan fingerprint density at radius 2 is 1.81 bits per heavy atom. The summed E-state index contributed by atoms with van der Waals surface area (Å²) >= 11 is 1.56. The van der Waals surface area contributed by atoms with Gasteiger partial charge in [-0.15, -0.1) is 0 Å². The molecule has 2 aromatic carbocycles. The van der Waals surface area contributed by atoms with Gasteiger partial charge in [0.25, 0.3) is 5.91 Å². The average Bonchev–Trinajstić information content (AvgIpc) is 3.39. The third kappa shape index (κ3) is 6.07. The first-order chi connectivity index (χ1) is 17.7. The Balaban J connectivity index is 1.17. The van der Waals surface area contributed by atoms with Crippen molar-refractivity contribution in [1.82, 2.24) is 15.3 Å². The van der Waals surface area contributed by atoms with Crippen molar-refractivity contribution in [3.63, 3.8) is 0 Å². The number of benzene rings is 2. The van der Waals surface area contributed by atoms with Crippen LogP contribution in [0.4, 0.5) is 5.82 Å². The first-order valence-electron chi connectivity index (χ1n) is 11.8. The molecule has 1 aromatic heterocycles. The van der Waals surface area contributed by atoms with Gasteiger partial charge in [-0.2, -0.15) is 0 Å². The van der Waals surface area contributed by atoms with E-state index < -0.39 is 0 Å². The summed E-state index contributed by atoms with van der Waals surface area (Å²) in [6, 6.07) is 15.2. The highest BCUT2D eigenvalue weighted by Gasteiger charge is 2.16. The number of ether oxygens (including phenoxy) is 4. The van der Waals surface area contributed by atoms with Crippen molar-refractivity contribution in [2.75, 3.05) is 45.1 Å². The number of carbonyl (C=O) groups is 1. The fourth-order valence-electron chi connectivity index (χ4n) is 3.94. The van der Waals surface area contributed by atoms with Gasteiger partial charge in [-0.25, -0.2) is 9.97 Å². The lowest BCUT2D eigenvalue weighted by molar-refractivity contribution is 0.0951. The van der Waals surface area contributed by atoms with Crippen molar-refractivity contribution in [2.45, 2.75) is 24.1 Å². The Bertz CT molecular complexity index is 1200. The lowest BCUT2D eigenvalue weighted by atomic mass is 10.1. The molecule has 1 amide bonds. The molecule has 188 valence electrons. The monoisotopic (exact) mass is 508 g/mol. The molecule has 36 heavy (non-hydrogen) atoms. The normalized spacial score (nSPS) is 14.6. The highest BCUT2D eigenvalue weighted by atomic mass is 32.2. The van der Waals surface area contributed by atoms with E-state index in [0.717, 1.165) is 41.5 Å². The first kappa shape index (κ1) is 24.4. The summed E-state index contributed by atoms with van der Waals surface area (Å²) < 4.78 is 21.5. The van der Waals surface area contributed by atoms with Crippen LogP contribution in [-0.4, -0.2) is 56.1 Å². The number of morpholine rings is 1. The van der Waals surface area contributed by atoms with Crippen LogP contribution in [0.1, 0.15) is 27.2 Å². The van der Waals surface area contributed by atoms with Crippen LogP contribution < -0.4 is 19.7 Å². The van der Waals surface area contributed by atoms with E-state index in [4.69, 9.17) is 23.9 Å². The number of thioether (sulfide) groups is 1. The van der Waals surface area contributed by atoms with Gasteiger partial charge >= 0.3 is 0 Å². The number of fused-ring (bicyclic) bond motifs is 1. The van der Waals surface area contributed by atoms with Crippen molar-refractivity contribution >= 4 is 23.5 Å². The number of carbonyl (C=O) groups excluding carboxylic acids is 1. The fourth-order valence-corrected chi connectivity index (χ4v) is 4.76. The molecule has 1 N–H and O–H groups in total. The van der Waals surface area contributed by atoms with Crippen molar-refractivity contribution < 1.29 is 23.7 Å². The zero-order chi connectivity index (χ0) is 24.7. The number of anilines is 1. The molecule has 0 saturated carbocycles. The zero-order valence-electron chi connectivity index (χ0n) is 20.1. The molecule has 5 rings (SSSR count). The largest absolute Gasteiger partial charge is 0.454 e. The molecule has 1 fully saturated rings. The molecule has 10 heteroatoms. The molecule has 0 atom stereocenters. The minimum Gasteiger partial charge on any atom is -0.454 e. The lowest BCUT2D eigenvalue weighted by Crippen LogP contribution is -2.37. The van der Waals surface area contributed by atoms with Gasteiger partial charge in [0.2, 0.25) is 6.79 Å². The number of amides is 1. The van der Waals surface area contributed by atoms with E-state index in [-0.39, 0.29) is 12.7 Å². The van der Waals surface area contributed by atoms with E-state index in [9.17, 15) is 4.79 Å². The van der Waals surface area contributed by atoms with E-state index in [0.29, 0.717) is 48.6 Å². The van der Waals surface area contributed by atoms with Crippen molar-refractivity contribution in [1.29, 1.82) is 0 Å². The standard InChI is InChI=1S/C26H28N4O5S/c1-32-15-21-13-24(30-8-10-33-11-9-30)29-26(28-21)36-16-18-2-5-20(6-3-18)25(31)27-14-19-4-7-22-23(12-19)35-17-34-22/h2-7,12-13H,8-11,14-17H2,1H3,(H,27,31). The highest BCUT2D eigenvalue weighted by molar-refractivity contribution is 7.98. The molecule has 0 bridgehead atoms. The molecule has 9 nitrogen and oxygen atoms in total. The molecule has 0 aliphatic carbocycles. The molecule has 3 aromatic rings. The van der Waals surface area contributed by atoms with E-state index in [1.54, 1.807) is 18.9 Å². The molecule has 2 aliphatic heterocycles. The van der Waals surface area contributed by atoms with Gasteiger partial charge < -0.3 is 29.2 Å². The van der Waals surface area contributed by atoms with Crippen LogP contribution in [-0.2, 0) is 28.4 Å². The van der Waals surface area contributed by atoms with E-state index in [2.05, 4.69) is 15.2 Å². The molecular formula is C26H28N4O5S. The van der Waals surface area contributed by atoms with Crippen LogP contribution in [0.2, 0.25) is 0 Å². The quantitative estimate of drug-likeness (QED) is 0.345. The summed E-state index contributed by atoms with van der Waals surface area (Å²) in [7, 11) is 1.66. The number of methoxy groups -OCH3 is 1. The summed E-state index contributed by atoms with van der Waals surface area (Å²) in [6.45, 7) is 4.09. The van der Waals surface area contributed by atoms with Crippen LogP contribution in [0.3, 0.4) is 0 Å². The van der Waals surface area contributed by atoms with Crippen LogP contribution in [0.15, 0.2) is 53.7 Å². The van der Waals surface area contributed by atoms with Gasteiger partial charge in [0.05, 0.1) is 25.5 Å². The predicted molar refractivity (Wildman–Crippen MR) is 136 cm³/mol. The van der Waals surface area contributed by atoms with E-state index in [1.165, 1.54) is 0 Å². The molecule has 2 aliphatic rings. The first-order valence-corrected chi connectivity index (χ1v) is 12.7. The Hall–Kier alpha value is -3.34. The van der Waals surface area contributed by atoms with Gasteiger partial charge in [0, 0.05) is 44.1 Å². The minimum atomic E-state index is -0.127. The Morgan fingerprint density at radius 1 is 1.03 bits per heavy atom. The summed E-state index contributed by atoms with van der Waals surface area (Å²) in [5.41, 5.74) is 3.50. The molecule has 1 saturated heterocycles. The molecular weight excluding hydrogens is 480 g/mol. The maximum atomic E-state index is 12.6. The topological polar surface area (TPSA) is 95.0 Å². The zero-order valence-corrected chi connectivity index (χ0v) is 20.9. The maximum absolute atomic E-state index is 12.6. The van der Waals surface area contributed by atoms with Crippen molar-refractivity contribution in [3.05, 3.63) is 70.9 Å². The van der Waals surface area contributed by atoms with Crippen LogP contribution in [0, 0.1) is 0 Å². The average molecular weight is 509 g/mol. The third-order valence-electron chi connectivity index (χ3n) is 5.85. The Morgan fingerprint density at radius 3 is 2.61 bits per heavy atom. The van der Waals surface area contributed by atoms with Crippen LogP contribution in [0.25, 0.3) is 0 Å². The number of hydrogen-bond acceptors (Lipinski definition) is 9. The number of nitrogens with zero attached hydrogens (tertiary/aromatic N) is 3. The van der Waals surface area contributed by atoms with Crippen molar-refractivity contribution in [3.8, 4) is 11.5 Å². The molecule has 0 spiro atoms. The number of rotatable bonds is 9. The predicted octanol–water partition coefficient (Wildman–Crippen LogP) is 3.41. The van der Waals surface area contributed by atoms with Crippen LogP contribution in [0.5, 0.6) is 11.5 Å². The number of hydrogen-bond donors (Lipinski definition) is 1. The minimum absolute atomic E-state index is 0.127. The second-order valence-corrected chi connectivity index (χ2v) is 9.33. The van der Waals surface area contributed by atoms with Gasteiger partial charge in [-0.05, 0) is 35.4 Å². The molecule has 3 heterocycles. The SMILES string of the molecule is COCc1cc(N2CCOCC2)nc(SCc2ccc(C(=O)NCc3ccc4c(c3)OCO4)cc2)n1. The summed E-state index contributed by atoms with van der Waals surface area (Å²) in [5.74, 6) is 2.90. The molecule has 0 unspecified atom stereocenters. The molecule has 0 radical (unpaired) electrons. The van der Waals surface area contributed by atoms with Gasteiger partial charge in [0.1, 0.15) is 5.82 Å². The number of nitrogens with one attached hydrogen (secondary N) is 1. The van der Waals surface area contributed by atoms with Gasteiger partial charge in [-0.1, -0.05) is 30.0 Å². The van der Waals surface area contributed by atoms with E-state index >= 15 is 0 Å². The Kier molecular flexibility index (Phi) is 7.85. The fraction of sp³-hybridized carbons (Fsp3) is 0.346. The third-order valence-corrected chi connectivity index (χ3v) is 6.77. The van der Waals surface area contributed by atoms with Crippen LogP contribution >= 0.6 is 11.8 Å². The second kappa shape index (κ2) is 11.6. The summed E-state index contributed by atoms with van der Waals surface area (Å²) in [6.07, 6.45) is 0. The summed E-state index contributed by atoms with van der Waals surface area (Å²) in [4.78, 5) is 24.2. The van der Waals surface area contributed by atoms with Gasteiger partial charge in [-0.3, -0.25) is 4.79 Å². The lowest BCUT2D eigenvalue weighted by Gasteiger charge is -2.28.